The maximum absolute atomic E-state index is 13.2. The Labute approximate surface area is 203 Å². The fourth-order valence-electron chi connectivity index (χ4n) is 3.79. The Morgan fingerprint density at radius 3 is 2.37 bits per heavy atom. The molecule has 2 heterocycles. The zero-order valence-electron chi connectivity index (χ0n) is 18.7. The quantitative estimate of drug-likeness (QED) is 0.219. The molecule has 3 aromatic rings. The number of hydrogen-bond donors (Lipinski definition) is 1. The summed E-state index contributed by atoms with van der Waals surface area (Å²) >= 11 is 0.970. The number of non-ortho nitro benzene ring substituents is 1. The van der Waals surface area contributed by atoms with Gasteiger partial charge in [-0.25, -0.2) is 4.98 Å². The lowest BCUT2D eigenvalue weighted by Crippen LogP contribution is -2.30. The van der Waals surface area contributed by atoms with E-state index < -0.39 is 28.4 Å². The van der Waals surface area contributed by atoms with Crippen molar-refractivity contribution in [1.82, 2.24) is 4.98 Å². The summed E-state index contributed by atoms with van der Waals surface area (Å²) in [5.74, 6) is -2.43. The van der Waals surface area contributed by atoms with Crippen molar-refractivity contribution in [2.45, 2.75) is 19.9 Å². The van der Waals surface area contributed by atoms with Gasteiger partial charge in [-0.3, -0.25) is 29.4 Å². The van der Waals surface area contributed by atoms with Crippen LogP contribution in [0.3, 0.4) is 0 Å². The van der Waals surface area contributed by atoms with E-state index in [9.17, 15) is 29.6 Å². The van der Waals surface area contributed by atoms with E-state index in [1.807, 2.05) is 6.07 Å². The minimum absolute atomic E-state index is 0.127. The molecule has 4 rings (SSSR count). The van der Waals surface area contributed by atoms with Crippen molar-refractivity contribution < 1.29 is 24.4 Å². The summed E-state index contributed by atoms with van der Waals surface area (Å²) in [7, 11) is 0. The van der Waals surface area contributed by atoms with Crippen molar-refractivity contribution in [2.24, 2.45) is 0 Å². The van der Waals surface area contributed by atoms with Crippen molar-refractivity contribution in [3.8, 4) is 0 Å². The Morgan fingerprint density at radius 2 is 1.80 bits per heavy atom. The second-order valence-electron chi connectivity index (χ2n) is 7.76. The highest BCUT2D eigenvalue weighted by molar-refractivity contribution is 7.17. The average molecular weight is 490 g/mol. The van der Waals surface area contributed by atoms with Gasteiger partial charge in [0.2, 0.25) is 0 Å². The van der Waals surface area contributed by atoms with E-state index >= 15 is 0 Å². The molecule has 1 aliphatic rings. The van der Waals surface area contributed by atoms with E-state index in [-0.39, 0.29) is 22.2 Å². The van der Waals surface area contributed by atoms with Crippen molar-refractivity contribution in [3.05, 3.63) is 104 Å². The first kappa shape index (κ1) is 23.7. The first-order chi connectivity index (χ1) is 16.7. The minimum atomic E-state index is -1.10. The molecule has 1 unspecified atom stereocenters. The summed E-state index contributed by atoms with van der Waals surface area (Å²) in [6.45, 7) is 3.00. The van der Waals surface area contributed by atoms with Gasteiger partial charge in [0.05, 0.1) is 27.1 Å². The number of Topliss-reactive ketones (excluding diaryl/α,β-unsaturated/α-hetero) is 1. The Morgan fingerprint density at radius 1 is 1.14 bits per heavy atom. The van der Waals surface area contributed by atoms with Crippen LogP contribution in [0.2, 0.25) is 0 Å². The molecule has 0 bridgehead atoms. The van der Waals surface area contributed by atoms with Gasteiger partial charge >= 0.3 is 0 Å². The van der Waals surface area contributed by atoms with E-state index in [0.717, 1.165) is 21.8 Å². The molecule has 1 amide bonds. The monoisotopic (exact) mass is 489 g/mol. The van der Waals surface area contributed by atoms with Gasteiger partial charge in [0.15, 0.2) is 22.5 Å². The van der Waals surface area contributed by atoms with Crippen LogP contribution >= 0.6 is 11.3 Å². The number of amides is 1. The lowest BCUT2D eigenvalue weighted by Gasteiger charge is -2.24. The minimum Gasteiger partial charge on any atom is -0.503 e. The molecular weight excluding hydrogens is 470 g/mol. The summed E-state index contributed by atoms with van der Waals surface area (Å²) in [6.07, 6.45) is 2.81. The van der Waals surface area contributed by atoms with Gasteiger partial charge in [-0.15, -0.1) is 0 Å². The number of carbonyl (C=O) groups is 3. The first-order valence-electron chi connectivity index (χ1n) is 10.5. The van der Waals surface area contributed by atoms with Crippen molar-refractivity contribution in [2.75, 3.05) is 4.90 Å². The molecule has 10 heteroatoms. The molecule has 0 radical (unpaired) electrons. The number of aliphatic hydroxyl groups is 1. The van der Waals surface area contributed by atoms with Crippen LogP contribution in [0.1, 0.15) is 39.5 Å². The molecule has 2 aromatic carbocycles. The van der Waals surface area contributed by atoms with Crippen molar-refractivity contribution in [1.29, 1.82) is 0 Å². The number of allylic oxidation sites excluding steroid dienone is 1. The third-order valence-electron chi connectivity index (χ3n) is 5.43. The van der Waals surface area contributed by atoms with Gasteiger partial charge in [-0.1, -0.05) is 47.7 Å². The maximum Gasteiger partial charge on any atom is 0.296 e. The van der Waals surface area contributed by atoms with E-state index in [0.29, 0.717) is 16.1 Å². The molecular formula is C25H19N3O6S. The Bertz CT molecular complexity index is 1410. The summed E-state index contributed by atoms with van der Waals surface area (Å²) in [4.78, 5) is 54.7. The number of ketones is 2. The van der Waals surface area contributed by atoms with Gasteiger partial charge in [0.1, 0.15) is 0 Å². The molecule has 0 spiro atoms. The number of benzene rings is 2. The molecule has 0 saturated heterocycles. The number of nitro groups is 1. The van der Waals surface area contributed by atoms with Crippen LogP contribution in [0, 0.1) is 17.0 Å². The van der Waals surface area contributed by atoms with Gasteiger partial charge in [0.25, 0.3) is 11.6 Å². The van der Waals surface area contributed by atoms with E-state index in [1.165, 1.54) is 37.3 Å². The molecule has 0 fully saturated rings. The number of carbonyl (C=O) groups excluding carboxylic acids is 3. The summed E-state index contributed by atoms with van der Waals surface area (Å²) in [6, 6.07) is 13.3. The van der Waals surface area contributed by atoms with Gasteiger partial charge in [-0.05, 0) is 36.3 Å². The third-order valence-corrected chi connectivity index (χ3v) is 6.69. The Hall–Kier alpha value is -4.44. The maximum atomic E-state index is 13.2. The van der Waals surface area contributed by atoms with Crippen LogP contribution in [-0.4, -0.2) is 32.5 Å². The molecule has 1 atom stereocenters. The molecule has 1 aliphatic heterocycles. The van der Waals surface area contributed by atoms with Crippen LogP contribution in [-0.2, 0) is 9.59 Å². The van der Waals surface area contributed by atoms with Crippen molar-refractivity contribution in [3.63, 3.8) is 0 Å². The van der Waals surface area contributed by atoms with Crippen LogP contribution in [0.5, 0.6) is 0 Å². The van der Waals surface area contributed by atoms with Crippen LogP contribution < -0.4 is 4.90 Å². The van der Waals surface area contributed by atoms with Crippen molar-refractivity contribution >= 4 is 45.7 Å². The average Bonchev–Trinajstić information content (AvgIpc) is 3.35. The van der Waals surface area contributed by atoms with E-state index in [1.54, 1.807) is 37.3 Å². The van der Waals surface area contributed by atoms with E-state index in [2.05, 4.69) is 4.98 Å². The summed E-state index contributed by atoms with van der Waals surface area (Å²) in [5, 5.41) is 22.0. The fourth-order valence-corrected chi connectivity index (χ4v) is 4.77. The highest BCUT2D eigenvalue weighted by Crippen LogP contribution is 2.43. The molecule has 1 N–H and O–H groups in total. The predicted octanol–water partition coefficient (Wildman–Crippen LogP) is 4.74. The largest absolute Gasteiger partial charge is 0.503 e. The fraction of sp³-hybridized carbons (Fsp3) is 0.120. The van der Waals surface area contributed by atoms with Crippen LogP contribution in [0.25, 0.3) is 6.08 Å². The lowest BCUT2D eigenvalue weighted by atomic mass is 9.95. The SMILES string of the molecule is CC(=O)c1sc(N2C(=O)C(O)=C(C(=O)C=Cc3ccccc3)C2c2ccc([N+](=O)[O-])cc2)nc1C. The second-order valence-corrected chi connectivity index (χ2v) is 8.74. The number of aromatic nitrogens is 1. The Kier molecular flexibility index (Phi) is 6.39. The number of nitro benzene ring substituents is 1. The standard InChI is InChI=1S/C25H19N3O6S/c1-14-23(15(2)29)35-25(26-14)27-21(17-9-11-18(12-10-17)28(33)34)20(22(31)24(27)32)19(30)13-8-16-6-4-3-5-7-16/h3-13,21,31H,1-2H3. The number of thiazole rings is 1. The molecule has 0 aliphatic carbocycles. The third kappa shape index (κ3) is 4.51. The zero-order chi connectivity index (χ0) is 25.3. The normalized spacial score (nSPS) is 15.8. The predicted molar refractivity (Wildman–Crippen MR) is 130 cm³/mol. The molecule has 176 valence electrons. The van der Waals surface area contributed by atoms with Gasteiger partial charge < -0.3 is 5.11 Å². The van der Waals surface area contributed by atoms with E-state index in [4.69, 9.17) is 0 Å². The number of rotatable bonds is 7. The zero-order valence-corrected chi connectivity index (χ0v) is 19.5. The number of aliphatic hydroxyl groups excluding tert-OH is 1. The van der Waals surface area contributed by atoms with Crippen LogP contribution in [0.4, 0.5) is 10.8 Å². The smallest absolute Gasteiger partial charge is 0.296 e. The van der Waals surface area contributed by atoms with Gasteiger partial charge in [-0.2, -0.15) is 0 Å². The first-order valence-corrected chi connectivity index (χ1v) is 11.3. The Balaban J connectivity index is 1.82. The number of hydrogen-bond acceptors (Lipinski definition) is 8. The molecule has 9 nitrogen and oxygen atoms in total. The molecule has 35 heavy (non-hydrogen) atoms. The molecule has 1 aromatic heterocycles. The topological polar surface area (TPSA) is 131 Å². The number of aryl methyl sites for hydroxylation is 1. The number of nitrogens with zero attached hydrogens (tertiary/aromatic N) is 3. The lowest BCUT2D eigenvalue weighted by molar-refractivity contribution is -0.384. The highest BCUT2D eigenvalue weighted by Gasteiger charge is 2.45. The van der Waals surface area contributed by atoms with Gasteiger partial charge in [0, 0.05) is 19.1 Å². The summed E-state index contributed by atoms with van der Waals surface area (Å²) in [5.41, 5.74) is 1.17. The highest BCUT2D eigenvalue weighted by atomic mass is 32.1. The van der Waals surface area contributed by atoms with Crippen LogP contribution in [0.15, 0.2) is 72.0 Å². The number of anilines is 1. The summed E-state index contributed by atoms with van der Waals surface area (Å²) < 4.78 is 0. The second kappa shape index (κ2) is 9.43. The molecule has 0 saturated carbocycles.